The summed E-state index contributed by atoms with van der Waals surface area (Å²) in [7, 11) is 0. The number of amides is 1. The zero-order valence-corrected chi connectivity index (χ0v) is 14.1. The number of hydrogen-bond acceptors (Lipinski definition) is 4. The van der Waals surface area contributed by atoms with Gasteiger partial charge in [-0.25, -0.2) is 9.97 Å². The van der Waals surface area contributed by atoms with Crippen LogP contribution in [-0.2, 0) is 4.79 Å². The van der Waals surface area contributed by atoms with Crippen molar-refractivity contribution in [2.75, 3.05) is 18.4 Å². The summed E-state index contributed by atoms with van der Waals surface area (Å²) in [5, 5.41) is 6.19. The Morgan fingerprint density at radius 1 is 1.35 bits per heavy atom. The van der Waals surface area contributed by atoms with Gasteiger partial charge in [-0.3, -0.25) is 4.79 Å². The number of anilines is 1. The first-order valence-corrected chi connectivity index (χ1v) is 7.55. The standard InChI is InChI=1S/C17H20N4O.ClH/c1-11-6-7-19-16(20-11)13-4-3-5-15(8-13)21-17(22)12(2)14-9-18-10-14;/h3-8,12,14,18H,9-10H2,1-2H3,(H,21,22);1H. The van der Waals surface area contributed by atoms with Crippen molar-refractivity contribution in [1.82, 2.24) is 15.3 Å². The molecule has 2 N–H and O–H groups in total. The van der Waals surface area contributed by atoms with Gasteiger partial charge < -0.3 is 10.6 Å². The maximum Gasteiger partial charge on any atom is 0.227 e. The molecule has 1 saturated heterocycles. The molecule has 2 aromatic rings. The van der Waals surface area contributed by atoms with Crippen molar-refractivity contribution in [3.05, 3.63) is 42.2 Å². The van der Waals surface area contributed by atoms with Crippen LogP contribution in [0.25, 0.3) is 11.4 Å². The molecular formula is C17H21ClN4O. The van der Waals surface area contributed by atoms with Gasteiger partial charge in [0.1, 0.15) is 0 Å². The fraction of sp³-hybridized carbons (Fsp3) is 0.353. The second kappa shape index (κ2) is 7.53. The highest BCUT2D eigenvalue weighted by molar-refractivity contribution is 5.93. The van der Waals surface area contributed by atoms with Crippen LogP contribution < -0.4 is 10.6 Å². The molecule has 0 spiro atoms. The van der Waals surface area contributed by atoms with Crippen LogP contribution in [0.2, 0.25) is 0 Å². The van der Waals surface area contributed by atoms with Gasteiger partial charge in [-0.05, 0) is 44.1 Å². The molecule has 0 bridgehead atoms. The maximum absolute atomic E-state index is 12.3. The Morgan fingerprint density at radius 2 is 2.13 bits per heavy atom. The van der Waals surface area contributed by atoms with Crippen molar-refractivity contribution in [3.8, 4) is 11.4 Å². The molecule has 0 aliphatic carbocycles. The van der Waals surface area contributed by atoms with Crippen LogP contribution >= 0.6 is 12.4 Å². The molecule has 2 heterocycles. The molecule has 0 radical (unpaired) electrons. The minimum absolute atomic E-state index is 0. The molecule has 1 amide bonds. The minimum Gasteiger partial charge on any atom is -0.326 e. The van der Waals surface area contributed by atoms with Crippen LogP contribution in [0.5, 0.6) is 0 Å². The Balaban J connectivity index is 0.00000192. The van der Waals surface area contributed by atoms with Gasteiger partial charge in [-0.15, -0.1) is 12.4 Å². The summed E-state index contributed by atoms with van der Waals surface area (Å²) in [6, 6.07) is 9.53. The van der Waals surface area contributed by atoms with Gasteiger partial charge in [0.2, 0.25) is 5.91 Å². The highest BCUT2D eigenvalue weighted by Gasteiger charge is 2.28. The summed E-state index contributed by atoms with van der Waals surface area (Å²) in [6.45, 7) is 5.76. The van der Waals surface area contributed by atoms with Gasteiger partial charge in [0.15, 0.2) is 5.82 Å². The van der Waals surface area contributed by atoms with E-state index in [0.29, 0.717) is 11.7 Å². The van der Waals surface area contributed by atoms with Crippen molar-refractivity contribution in [1.29, 1.82) is 0 Å². The molecule has 1 aliphatic rings. The van der Waals surface area contributed by atoms with E-state index in [0.717, 1.165) is 30.0 Å². The lowest BCUT2D eigenvalue weighted by molar-refractivity contribution is -0.121. The number of carbonyl (C=O) groups is 1. The van der Waals surface area contributed by atoms with E-state index in [1.54, 1.807) is 6.20 Å². The molecule has 1 atom stereocenters. The molecule has 1 aliphatic heterocycles. The van der Waals surface area contributed by atoms with Gasteiger partial charge >= 0.3 is 0 Å². The van der Waals surface area contributed by atoms with Gasteiger partial charge in [0, 0.05) is 29.1 Å². The Kier molecular flexibility index (Phi) is 5.69. The monoisotopic (exact) mass is 332 g/mol. The Hall–Kier alpha value is -1.98. The minimum atomic E-state index is 0. The molecular weight excluding hydrogens is 312 g/mol. The van der Waals surface area contributed by atoms with E-state index in [9.17, 15) is 4.79 Å². The third-order valence-corrected chi connectivity index (χ3v) is 4.12. The molecule has 122 valence electrons. The van der Waals surface area contributed by atoms with Gasteiger partial charge in [-0.1, -0.05) is 19.1 Å². The third-order valence-electron chi connectivity index (χ3n) is 4.12. The number of rotatable bonds is 4. The summed E-state index contributed by atoms with van der Waals surface area (Å²) < 4.78 is 0. The van der Waals surface area contributed by atoms with E-state index in [1.165, 1.54) is 0 Å². The van der Waals surface area contributed by atoms with E-state index in [1.807, 2.05) is 44.2 Å². The van der Waals surface area contributed by atoms with Crippen LogP contribution in [0.4, 0.5) is 5.69 Å². The van der Waals surface area contributed by atoms with Gasteiger partial charge in [-0.2, -0.15) is 0 Å². The largest absolute Gasteiger partial charge is 0.326 e. The van der Waals surface area contributed by atoms with Crippen molar-refractivity contribution < 1.29 is 4.79 Å². The second-order valence-corrected chi connectivity index (χ2v) is 5.80. The number of nitrogens with one attached hydrogen (secondary N) is 2. The first-order valence-electron chi connectivity index (χ1n) is 7.55. The lowest BCUT2D eigenvalue weighted by Gasteiger charge is -2.31. The summed E-state index contributed by atoms with van der Waals surface area (Å²) in [5.41, 5.74) is 2.61. The zero-order valence-electron chi connectivity index (χ0n) is 13.2. The Morgan fingerprint density at radius 3 is 2.78 bits per heavy atom. The predicted molar refractivity (Wildman–Crippen MR) is 93.6 cm³/mol. The summed E-state index contributed by atoms with van der Waals surface area (Å²) in [4.78, 5) is 21.0. The predicted octanol–water partition coefficient (Wildman–Crippen LogP) is 2.67. The molecule has 1 aromatic heterocycles. The molecule has 23 heavy (non-hydrogen) atoms. The number of aryl methyl sites for hydroxylation is 1. The molecule has 0 saturated carbocycles. The smallest absolute Gasteiger partial charge is 0.227 e. The van der Waals surface area contributed by atoms with Crippen molar-refractivity contribution in [2.45, 2.75) is 13.8 Å². The first kappa shape index (κ1) is 17.4. The fourth-order valence-electron chi connectivity index (χ4n) is 2.46. The average Bonchev–Trinajstić information content (AvgIpc) is 2.45. The van der Waals surface area contributed by atoms with E-state index in [2.05, 4.69) is 20.6 Å². The number of halogens is 1. The normalized spacial score (nSPS) is 15.2. The van der Waals surface area contributed by atoms with Crippen LogP contribution in [-0.4, -0.2) is 29.0 Å². The van der Waals surface area contributed by atoms with Crippen LogP contribution in [0.1, 0.15) is 12.6 Å². The molecule has 1 unspecified atom stereocenters. The van der Waals surface area contributed by atoms with Gasteiger partial charge in [0.05, 0.1) is 0 Å². The first-order chi connectivity index (χ1) is 10.6. The summed E-state index contributed by atoms with van der Waals surface area (Å²) >= 11 is 0. The number of carbonyl (C=O) groups excluding carboxylic acids is 1. The fourth-order valence-corrected chi connectivity index (χ4v) is 2.46. The highest BCUT2D eigenvalue weighted by Crippen LogP contribution is 2.22. The van der Waals surface area contributed by atoms with E-state index >= 15 is 0 Å². The van der Waals surface area contributed by atoms with E-state index < -0.39 is 0 Å². The number of benzene rings is 1. The van der Waals surface area contributed by atoms with Crippen LogP contribution in [0, 0.1) is 18.8 Å². The zero-order chi connectivity index (χ0) is 15.5. The maximum atomic E-state index is 12.3. The Bertz CT molecular complexity index is 688. The lowest BCUT2D eigenvalue weighted by atomic mass is 9.88. The molecule has 5 nitrogen and oxygen atoms in total. The topological polar surface area (TPSA) is 66.9 Å². The average molecular weight is 333 g/mol. The molecule has 6 heteroatoms. The van der Waals surface area contributed by atoms with E-state index in [4.69, 9.17) is 0 Å². The summed E-state index contributed by atoms with van der Waals surface area (Å²) in [6.07, 6.45) is 1.74. The Labute approximate surface area is 142 Å². The van der Waals surface area contributed by atoms with Gasteiger partial charge in [0.25, 0.3) is 0 Å². The van der Waals surface area contributed by atoms with E-state index in [-0.39, 0.29) is 24.2 Å². The molecule has 1 aromatic carbocycles. The number of nitrogens with zero attached hydrogens (tertiary/aromatic N) is 2. The van der Waals surface area contributed by atoms with Crippen molar-refractivity contribution in [2.24, 2.45) is 11.8 Å². The SMILES string of the molecule is Cc1ccnc(-c2cccc(NC(=O)C(C)C3CNC3)c2)n1.Cl. The highest BCUT2D eigenvalue weighted by atomic mass is 35.5. The van der Waals surface area contributed by atoms with Crippen molar-refractivity contribution >= 4 is 24.0 Å². The molecule has 1 fully saturated rings. The third kappa shape index (κ3) is 4.06. The lowest BCUT2D eigenvalue weighted by Crippen LogP contribution is -2.48. The number of aromatic nitrogens is 2. The van der Waals surface area contributed by atoms with Crippen molar-refractivity contribution in [3.63, 3.8) is 0 Å². The number of hydrogen-bond donors (Lipinski definition) is 2. The molecule has 3 rings (SSSR count). The second-order valence-electron chi connectivity index (χ2n) is 5.80. The van der Waals surface area contributed by atoms with Crippen LogP contribution in [0.3, 0.4) is 0 Å². The summed E-state index contributed by atoms with van der Waals surface area (Å²) in [5.74, 6) is 1.18. The quantitative estimate of drug-likeness (QED) is 0.903. The van der Waals surface area contributed by atoms with Crippen LogP contribution in [0.15, 0.2) is 36.5 Å².